The van der Waals surface area contributed by atoms with Gasteiger partial charge in [0, 0.05) is 42.3 Å². The maximum atomic E-state index is 14.8. The second kappa shape index (κ2) is 11.2. The quantitative estimate of drug-likeness (QED) is 0.139. The molecule has 0 N–H and O–H groups in total. The van der Waals surface area contributed by atoms with E-state index in [1.807, 2.05) is 84.1 Å². The van der Waals surface area contributed by atoms with Gasteiger partial charge in [-0.2, -0.15) is 0 Å². The first-order valence-electron chi connectivity index (χ1n) is 15.7. The summed E-state index contributed by atoms with van der Waals surface area (Å²) in [5.74, 6) is 0. The minimum atomic E-state index is -3.01. The third-order valence-electron chi connectivity index (χ3n) is 9.14. The third kappa shape index (κ3) is 4.62. The summed E-state index contributed by atoms with van der Waals surface area (Å²) in [6, 6.07) is 58.3. The number of hydrogen-bond acceptors (Lipinski definition) is 3. The summed E-state index contributed by atoms with van der Waals surface area (Å²) in [6.07, 6.45) is 0. The van der Waals surface area contributed by atoms with E-state index in [1.165, 1.54) is 36.3 Å². The first kappa shape index (κ1) is 27.9. The van der Waals surface area contributed by atoms with Crippen LogP contribution in [0, 0.1) is 0 Å². The zero-order valence-corrected chi connectivity index (χ0v) is 27.1. The van der Waals surface area contributed by atoms with Crippen LogP contribution >= 0.6 is 18.5 Å². The molecule has 0 aliphatic heterocycles. The molecule has 0 aliphatic carbocycles. The predicted molar refractivity (Wildman–Crippen MR) is 202 cm³/mol. The fourth-order valence-corrected chi connectivity index (χ4v) is 10.7. The highest BCUT2D eigenvalue weighted by Crippen LogP contribution is 2.44. The number of benzene rings is 7. The van der Waals surface area contributed by atoms with Crippen LogP contribution < -0.4 is 15.9 Å². The first-order valence-corrected chi connectivity index (χ1v) is 18.3. The molecule has 0 saturated carbocycles. The van der Waals surface area contributed by atoms with Crippen LogP contribution in [0.1, 0.15) is 0 Å². The van der Waals surface area contributed by atoms with Crippen molar-refractivity contribution in [3.05, 3.63) is 170 Å². The van der Waals surface area contributed by atoms with Crippen LogP contribution in [0.5, 0.6) is 0 Å². The molecule has 0 aliphatic rings. The maximum absolute atomic E-state index is 14.8. The maximum Gasteiger partial charge on any atom is 0.171 e. The number of hydrogen-bond donors (Lipinski definition) is 0. The van der Waals surface area contributed by atoms with E-state index in [0.717, 1.165) is 43.8 Å². The summed E-state index contributed by atoms with van der Waals surface area (Å²) in [4.78, 5) is 5.30. The van der Waals surface area contributed by atoms with Gasteiger partial charge in [-0.25, -0.2) is 4.98 Å². The lowest BCUT2D eigenvalue weighted by atomic mass is 9.99. The third-order valence-corrected chi connectivity index (χ3v) is 13.4. The van der Waals surface area contributed by atoms with Crippen molar-refractivity contribution in [2.75, 3.05) is 0 Å². The van der Waals surface area contributed by atoms with Gasteiger partial charge in [-0.1, -0.05) is 152 Å². The molecule has 4 heteroatoms. The topological polar surface area (TPSA) is 30.0 Å². The number of pyridine rings is 1. The molecular formula is C43H28NOPS. The van der Waals surface area contributed by atoms with Gasteiger partial charge in [0.05, 0.1) is 15.9 Å². The van der Waals surface area contributed by atoms with Crippen LogP contribution in [-0.4, -0.2) is 4.98 Å². The van der Waals surface area contributed by atoms with Crippen LogP contribution in [-0.2, 0) is 4.57 Å². The van der Waals surface area contributed by atoms with Crippen molar-refractivity contribution >= 4 is 76.2 Å². The minimum absolute atomic E-state index is 0.829. The SMILES string of the molecule is O=P(c1ccccc1)(c1ccccc1)c1ccc(-c2ccc(-c3nc4cc5ccccc5cc4c4c3sc3ccccc34)cc2)cc1. The molecule has 0 unspecified atom stereocenters. The van der Waals surface area contributed by atoms with Crippen molar-refractivity contribution in [1.82, 2.24) is 4.98 Å². The van der Waals surface area contributed by atoms with Crippen molar-refractivity contribution in [2.24, 2.45) is 0 Å². The highest BCUT2D eigenvalue weighted by molar-refractivity contribution is 7.85. The Bertz CT molecular complexity index is 2580. The zero-order valence-electron chi connectivity index (χ0n) is 25.4. The summed E-state index contributed by atoms with van der Waals surface area (Å²) < 4.78 is 17.3. The Balaban J connectivity index is 1.13. The monoisotopic (exact) mass is 637 g/mol. The molecule has 0 saturated heterocycles. The molecule has 0 radical (unpaired) electrons. The fourth-order valence-electron chi connectivity index (χ4n) is 6.77. The van der Waals surface area contributed by atoms with Crippen LogP contribution in [0.15, 0.2) is 170 Å². The van der Waals surface area contributed by atoms with Gasteiger partial charge in [-0.3, -0.25) is 0 Å². The molecule has 2 aromatic heterocycles. The van der Waals surface area contributed by atoms with Gasteiger partial charge in [0.2, 0.25) is 0 Å². The van der Waals surface area contributed by atoms with E-state index in [-0.39, 0.29) is 0 Å². The van der Waals surface area contributed by atoms with Crippen LogP contribution in [0.3, 0.4) is 0 Å². The molecule has 47 heavy (non-hydrogen) atoms. The zero-order chi connectivity index (χ0) is 31.4. The molecule has 9 rings (SSSR count). The molecule has 2 heterocycles. The van der Waals surface area contributed by atoms with E-state index >= 15 is 0 Å². The van der Waals surface area contributed by atoms with E-state index < -0.39 is 7.14 Å². The summed E-state index contributed by atoms with van der Waals surface area (Å²) >= 11 is 1.82. The Kier molecular flexibility index (Phi) is 6.64. The molecular weight excluding hydrogens is 610 g/mol. The molecule has 2 nitrogen and oxygen atoms in total. The van der Waals surface area contributed by atoms with Crippen molar-refractivity contribution in [3.63, 3.8) is 0 Å². The van der Waals surface area contributed by atoms with Gasteiger partial charge in [-0.15, -0.1) is 11.3 Å². The number of nitrogens with zero attached hydrogens (tertiary/aromatic N) is 1. The Morgan fingerprint density at radius 1 is 0.468 bits per heavy atom. The van der Waals surface area contributed by atoms with Gasteiger partial charge in [0.25, 0.3) is 0 Å². The lowest BCUT2D eigenvalue weighted by molar-refractivity contribution is 0.592. The fraction of sp³-hybridized carbons (Fsp3) is 0. The van der Waals surface area contributed by atoms with Crippen molar-refractivity contribution in [3.8, 4) is 22.4 Å². The minimum Gasteiger partial charge on any atom is -0.309 e. The summed E-state index contributed by atoms with van der Waals surface area (Å²) in [7, 11) is -3.01. The average Bonchev–Trinajstić information content (AvgIpc) is 3.54. The molecule has 0 fully saturated rings. The normalized spacial score (nSPS) is 11.9. The molecule has 0 amide bonds. The van der Waals surface area contributed by atoms with Crippen molar-refractivity contribution in [1.29, 1.82) is 0 Å². The largest absolute Gasteiger partial charge is 0.309 e. The number of rotatable bonds is 5. The smallest absolute Gasteiger partial charge is 0.171 e. The first-order chi connectivity index (χ1) is 23.2. The second-order valence-electron chi connectivity index (χ2n) is 11.9. The standard InChI is InChI=1S/C43H28NOPS/c45-46(34-13-3-1-4-14-34,35-15-5-2-6-16-35)36-25-23-30(24-26-36)29-19-21-31(22-20-29)42-43-41(37-17-9-10-18-40(37)47-43)38-27-32-11-7-8-12-33(32)28-39(38)44-42/h1-28H. The van der Waals surface area contributed by atoms with Crippen LogP contribution in [0.25, 0.3) is 64.2 Å². The van der Waals surface area contributed by atoms with E-state index in [4.69, 9.17) is 4.98 Å². The predicted octanol–water partition coefficient (Wildman–Crippen LogP) is 10.7. The Morgan fingerprint density at radius 2 is 0.979 bits per heavy atom. The van der Waals surface area contributed by atoms with Crippen molar-refractivity contribution < 1.29 is 4.57 Å². The highest BCUT2D eigenvalue weighted by Gasteiger charge is 2.29. The number of fused-ring (bicyclic) bond motifs is 6. The summed E-state index contributed by atoms with van der Waals surface area (Å²) in [6.45, 7) is 0. The molecule has 222 valence electrons. The van der Waals surface area contributed by atoms with Gasteiger partial charge in [0.15, 0.2) is 7.14 Å². The Hall–Kier alpha value is -5.34. The van der Waals surface area contributed by atoms with Gasteiger partial charge in [-0.05, 0) is 40.1 Å². The molecule has 0 atom stereocenters. The van der Waals surface area contributed by atoms with Gasteiger partial charge < -0.3 is 4.57 Å². The number of thiophene rings is 1. The lowest BCUT2D eigenvalue weighted by Gasteiger charge is -2.20. The lowest BCUT2D eigenvalue weighted by Crippen LogP contribution is -2.24. The van der Waals surface area contributed by atoms with Gasteiger partial charge in [0.1, 0.15) is 0 Å². The second-order valence-corrected chi connectivity index (χ2v) is 15.7. The van der Waals surface area contributed by atoms with E-state index in [9.17, 15) is 4.57 Å². The molecule has 9 aromatic rings. The van der Waals surface area contributed by atoms with Crippen molar-refractivity contribution in [2.45, 2.75) is 0 Å². The van der Waals surface area contributed by atoms with Crippen LogP contribution in [0.4, 0.5) is 0 Å². The molecule has 0 spiro atoms. The Labute approximate surface area is 277 Å². The Morgan fingerprint density at radius 3 is 1.64 bits per heavy atom. The van der Waals surface area contributed by atoms with E-state index in [1.54, 1.807) is 0 Å². The summed E-state index contributed by atoms with van der Waals surface area (Å²) in [5.41, 5.74) is 5.30. The average molecular weight is 638 g/mol. The summed E-state index contributed by atoms with van der Waals surface area (Å²) in [5, 5.41) is 8.67. The number of aromatic nitrogens is 1. The molecule has 0 bridgehead atoms. The molecule has 7 aromatic carbocycles. The highest BCUT2D eigenvalue weighted by atomic mass is 32.1. The van der Waals surface area contributed by atoms with E-state index in [2.05, 4.69) is 97.1 Å². The van der Waals surface area contributed by atoms with E-state index in [0.29, 0.717) is 0 Å². The van der Waals surface area contributed by atoms with Gasteiger partial charge >= 0.3 is 0 Å². The van der Waals surface area contributed by atoms with Crippen LogP contribution in [0.2, 0.25) is 0 Å².